The van der Waals surface area contributed by atoms with E-state index in [-0.39, 0.29) is 10.6 Å². The molecule has 2 aromatic heterocycles. The van der Waals surface area contributed by atoms with Crippen LogP contribution in [0.25, 0.3) is 39.4 Å². The van der Waals surface area contributed by atoms with Crippen LogP contribution in [0.5, 0.6) is 5.75 Å². The fourth-order valence-corrected chi connectivity index (χ4v) is 4.96. The molecule has 40 heavy (non-hydrogen) atoms. The second-order valence-corrected chi connectivity index (χ2v) is 11.4. The normalized spacial score (nSPS) is 12.1. The first kappa shape index (κ1) is 27.2. The lowest BCUT2D eigenvalue weighted by molar-refractivity contribution is -0.274. The SMILES string of the molecule is Cc1nc(-c2ccc(OC(F)(F)F)cc2)c(-c2cc(-c3cccc(S(C)(=O)=O)c3)ccc2-n2cc(C)c(C)n2)o1. The number of aromatic nitrogens is 3. The summed E-state index contributed by atoms with van der Waals surface area (Å²) in [4.78, 5) is 4.72. The highest BCUT2D eigenvalue weighted by Crippen LogP contribution is 2.39. The smallest absolute Gasteiger partial charge is 0.440 e. The number of aryl methyl sites for hydroxylation is 3. The van der Waals surface area contributed by atoms with Gasteiger partial charge in [-0.3, -0.25) is 0 Å². The fourth-order valence-electron chi connectivity index (χ4n) is 4.29. The van der Waals surface area contributed by atoms with Crippen LogP contribution in [0.1, 0.15) is 17.1 Å². The molecule has 2 heterocycles. The number of oxazole rings is 1. The molecule has 0 aliphatic carbocycles. The summed E-state index contributed by atoms with van der Waals surface area (Å²) in [5.74, 6) is 0.377. The molecule has 0 saturated carbocycles. The van der Waals surface area contributed by atoms with Crippen LogP contribution in [-0.2, 0) is 9.84 Å². The van der Waals surface area contributed by atoms with Crippen LogP contribution in [0.3, 0.4) is 0 Å². The first-order valence-electron chi connectivity index (χ1n) is 12.1. The molecule has 5 rings (SSSR count). The van der Waals surface area contributed by atoms with Crippen LogP contribution in [0.15, 0.2) is 82.2 Å². The van der Waals surface area contributed by atoms with Crippen molar-refractivity contribution in [2.75, 3.05) is 6.26 Å². The third kappa shape index (κ3) is 5.64. The zero-order valence-corrected chi connectivity index (χ0v) is 22.8. The van der Waals surface area contributed by atoms with E-state index >= 15 is 0 Å². The molecular weight excluding hydrogens is 543 g/mol. The number of ether oxygens (including phenoxy) is 1. The Labute approximate surface area is 228 Å². The predicted octanol–water partition coefficient (Wildman–Crippen LogP) is 7.09. The van der Waals surface area contributed by atoms with Crippen LogP contribution in [0.4, 0.5) is 13.2 Å². The van der Waals surface area contributed by atoms with E-state index in [1.165, 1.54) is 30.3 Å². The number of alkyl halides is 3. The van der Waals surface area contributed by atoms with E-state index in [4.69, 9.17) is 4.42 Å². The summed E-state index contributed by atoms with van der Waals surface area (Å²) in [5.41, 5.74) is 5.43. The molecule has 5 aromatic rings. The molecule has 3 aromatic carbocycles. The Bertz CT molecular complexity index is 1800. The van der Waals surface area contributed by atoms with E-state index in [0.29, 0.717) is 39.7 Å². The third-order valence-electron chi connectivity index (χ3n) is 6.32. The van der Waals surface area contributed by atoms with Gasteiger partial charge in [0.15, 0.2) is 21.5 Å². The van der Waals surface area contributed by atoms with Gasteiger partial charge in [0.1, 0.15) is 11.4 Å². The number of benzene rings is 3. The van der Waals surface area contributed by atoms with Crippen molar-refractivity contribution in [1.82, 2.24) is 14.8 Å². The molecule has 0 saturated heterocycles. The molecule has 0 amide bonds. The number of sulfone groups is 1. The van der Waals surface area contributed by atoms with E-state index in [1.54, 1.807) is 23.7 Å². The van der Waals surface area contributed by atoms with Crippen molar-refractivity contribution in [3.05, 3.63) is 90.1 Å². The van der Waals surface area contributed by atoms with Gasteiger partial charge in [-0.25, -0.2) is 18.1 Å². The maximum atomic E-state index is 12.7. The Morgan fingerprint density at radius 3 is 2.20 bits per heavy atom. The molecule has 0 bridgehead atoms. The van der Waals surface area contributed by atoms with Crippen LogP contribution in [-0.4, -0.2) is 35.8 Å². The molecule has 0 aliphatic heterocycles. The minimum Gasteiger partial charge on any atom is -0.440 e. The molecule has 11 heteroatoms. The highest BCUT2D eigenvalue weighted by Gasteiger charge is 2.31. The van der Waals surface area contributed by atoms with E-state index in [9.17, 15) is 21.6 Å². The molecule has 7 nitrogen and oxygen atoms in total. The summed E-state index contributed by atoms with van der Waals surface area (Å²) in [7, 11) is -3.43. The second-order valence-electron chi connectivity index (χ2n) is 9.36. The average Bonchev–Trinajstić information content (AvgIpc) is 3.44. The summed E-state index contributed by atoms with van der Waals surface area (Å²) in [6, 6.07) is 17.6. The summed E-state index contributed by atoms with van der Waals surface area (Å²) >= 11 is 0. The third-order valence-corrected chi connectivity index (χ3v) is 7.43. The monoisotopic (exact) mass is 567 g/mol. The highest BCUT2D eigenvalue weighted by molar-refractivity contribution is 7.90. The molecular formula is C29H24F3N3O4S. The van der Waals surface area contributed by atoms with Crippen LogP contribution < -0.4 is 4.74 Å². The largest absolute Gasteiger partial charge is 0.573 e. The number of hydrogen-bond donors (Lipinski definition) is 0. The lowest BCUT2D eigenvalue weighted by Gasteiger charge is -2.13. The Kier molecular flexibility index (Phi) is 6.79. The number of rotatable bonds is 6. The predicted molar refractivity (Wildman–Crippen MR) is 144 cm³/mol. The minimum atomic E-state index is -4.80. The Balaban J connectivity index is 1.69. The summed E-state index contributed by atoms with van der Waals surface area (Å²) in [5, 5.41) is 4.62. The number of hydrogen-bond acceptors (Lipinski definition) is 6. The number of nitrogens with zero attached hydrogens (tertiary/aromatic N) is 3. The van der Waals surface area contributed by atoms with Gasteiger partial charge in [0, 0.05) is 30.5 Å². The van der Waals surface area contributed by atoms with Gasteiger partial charge < -0.3 is 9.15 Å². The van der Waals surface area contributed by atoms with Gasteiger partial charge >= 0.3 is 6.36 Å². The van der Waals surface area contributed by atoms with Gasteiger partial charge in [-0.05, 0) is 79.1 Å². The molecule has 0 atom stereocenters. The van der Waals surface area contributed by atoms with E-state index < -0.39 is 16.2 Å². The van der Waals surface area contributed by atoms with Gasteiger partial charge in [-0.2, -0.15) is 5.10 Å². The molecule has 0 fully saturated rings. The van der Waals surface area contributed by atoms with Gasteiger partial charge in [0.05, 0.1) is 16.3 Å². The van der Waals surface area contributed by atoms with Gasteiger partial charge in [0.25, 0.3) is 0 Å². The van der Waals surface area contributed by atoms with Crippen molar-refractivity contribution in [3.8, 4) is 45.1 Å². The van der Waals surface area contributed by atoms with Crippen molar-refractivity contribution in [2.45, 2.75) is 32.0 Å². The molecule has 0 unspecified atom stereocenters. The van der Waals surface area contributed by atoms with Gasteiger partial charge in [-0.15, -0.1) is 13.2 Å². The molecule has 0 spiro atoms. The van der Waals surface area contributed by atoms with Gasteiger partial charge in [0.2, 0.25) is 0 Å². The number of halogens is 3. The van der Waals surface area contributed by atoms with Crippen molar-refractivity contribution in [2.24, 2.45) is 0 Å². The maximum absolute atomic E-state index is 12.7. The van der Waals surface area contributed by atoms with Gasteiger partial charge in [-0.1, -0.05) is 18.2 Å². The van der Waals surface area contributed by atoms with Crippen LogP contribution in [0, 0.1) is 20.8 Å². The van der Waals surface area contributed by atoms with Crippen molar-refractivity contribution in [1.29, 1.82) is 0 Å². The quantitative estimate of drug-likeness (QED) is 0.218. The average molecular weight is 568 g/mol. The summed E-state index contributed by atoms with van der Waals surface area (Å²) in [6.45, 7) is 5.51. The van der Waals surface area contributed by atoms with E-state index in [1.807, 2.05) is 44.3 Å². The van der Waals surface area contributed by atoms with Crippen molar-refractivity contribution in [3.63, 3.8) is 0 Å². The Morgan fingerprint density at radius 2 is 1.57 bits per heavy atom. The first-order valence-corrected chi connectivity index (χ1v) is 14.0. The van der Waals surface area contributed by atoms with Crippen LogP contribution in [0.2, 0.25) is 0 Å². The maximum Gasteiger partial charge on any atom is 0.573 e. The molecule has 0 radical (unpaired) electrons. The summed E-state index contributed by atoms with van der Waals surface area (Å²) in [6.07, 6.45) is -1.77. The minimum absolute atomic E-state index is 0.186. The lowest BCUT2D eigenvalue weighted by atomic mass is 9.98. The first-order chi connectivity index (χ1) is 18.8. The Morgan fingerprint density at radius 1 is 0.900 bits per heavy atom. The molecule has 0 N–H and O–H groups in total. The van der Waals surface area contributed by atoms with Crippen LogP contribution >= 0.6 is 0 Å². The zero-order valence-electron chi connectivity index (χ0n) is 21.9. The standard InChI is InChI=1S/C29H24F3N3O4S/c1-17-16-35(34-18(17)2)26-13-10-22(21-6-5-7-24(14-21)40(4,36)37)15-25(26)28-27(33-19(3)38-28)20-8-11-23(12-9-20)39-29(30,31)32/h5-16H,1-4H3. The van der Waals surface area contributed by atoms with E-state index in [0.717, 1.165) is 23.1 Å². The van der Waals surface area contributed by atoms with Crippen molar-refractivity contribution < 1.29 is 30.7 Å². The molecule has 206 valence electrons. The zero-order chi connectivity index (χ0) is 28.8. The van der Waals surface area contributed by atoms with Crippen molar-refractivity contribution >= 4 is 9.84 Å². The molecule has 0 aliphatic rings. The van der Waals surface area contributed by atoms with E-state index in [2.05, 4.69) is 14.8 Å². The second kappa shape index (κ2) is 9.98. The fraction of sp³-hybridized carbons (Fsp3) is 0.172. The highest BCUT2D eigenvalue weighted by atomic mass is 32.2. The Hall–Kier alpha value is -4.38. The lowest BCUT2D eigenvalue weighted by Crippen LogP contribution is -2.16. The topological polar surface area (TPSA) is 87.2 Å². The summed E-state index contributed by atoms with van der Waals surface area (Å²) < 4.78 is 74.2.